The summed E-state index contributed by atoms with van der Waals surface area (Å²) in [6.45, 7) is 1.11. The average Bonchev–Trinajstić information content (AvgIpc) is 2.97. The number of hydrogen-bond acceptors (Lipinski definition) is 3. The van der Waals surface area contributed by atoms with E-state index in [4.69, 9.17) is 0 Å². The first-order valence-electron chi connectivity index (χ1n) is 5.75. The molecule has 90 valence electrons. The lowest BCUT2D eigenvalue weighted by Crippen LogP contribution is -2.16. The first-order valence-corrected chi connectivity index (χ1v) is 7.42. The fourth-order valence-electron chi connectivity index (χ4n) is 2.42. The maximum absolute atomic E-state index is 4.41. The molecule has 0 bridgehead atoms. The molecule has 1 aliphatic heterocycles. The molecule has 0 radical (unpaired) electrons. The van der Waals surface area contributed by atoms with Crippen molar-refractivity contribution in [2.45, 2.75) is 18.9 Å². The van der Waals surface area contributed by atoms with Gasteiger partial charge in [-0.25, -0.2) is 0 Å². The predicted octanol–water partition coefficient (Wildman–Crippen LogP) is 3.34. The van der Waals surface area contributed by atoms with Crippen LogP contribution in [0.25, 0.3) is 10.4 Å². The lowest BCUT2D eigenvalue weighted by Gasteiger charge is -2.12. The van der Waals surface area contributed by atoms with Crippen molar-refractivity contribution < 1.29 is 0 Å². The summed E-state index contributed by atoms with van der Waals surface area (Å²) < 4.78 is 3.15. The molecule has 2 aromatic heterocycles. The first kappa shape index (κ1) is 11.4. The van der Waals surface area contributed by atoms with Crippen molar-refractivity contribution in [2.75, 3.05) is 6.54 Å². The number of halogens is 1. The van der Waals surface area contributed by atoms with E-state index in [9.17, 15) is 0 Å². The number of nitrogens with zero attached hydrogens (tertiary/aromatic N) is 2. The van der Waals surface area contributed by atoms with Crippen LogP contribution >= 0.6 is 27.3 Å². The lowest BCUT2D eigenvalue weighted by atomic mass is 10.1. The van der Waals surface area contributed by atoms with E-state index in [2.05, 4.69) is 37.8 Å². The van der Waals surface area contributed by atoms with Crippen molar-refractivity contribution in [3.63, 3.8) is 0 Å². The van der Waals surface area contributed by atoms with Crippen molar-refractivity contribution in [3.8, 4) is 10.4 Å². The molecule has 3 nitrogen and oxygen atoms in total. The molecule has 0 aliphatic carbocycles. The maximum Gasteiger partial charge on any atom is 0.0636 e. The summed E-state index contributed by atoms with van der Waals surface area (Å²) in [6, 6.07) is 2.62. The average molecular weight is 312 g/mol. The summed E-state index contributed by atoms with van der Waals surface area (Å²) in [5.41, 5.74) is 2.58. The van der Waals surface area contributed by atoms with E-state index in [1.807, 2.05) is 17.9 Å². The number of aryl methyl sites for hydroxylation is 1. The summed E-state index contributed by atoms with van der Waals surface area (Å²) in [5.74, 6) is 0. The zero-order chi connectivity index (χ0) is 11.8. The minimum atomic E-state index is 0.457. The van der Waals surface area contributed by atoms with Gasteiger partial charge in [-0.1, -0.05) is 0 Å². The second-order valence-corrected chi connectivity index (χ2v) is 6.17. The summed E-state index contributed by atoms with van der Waals surface area (Å²) in [7, 11) is 2.03. The standard InChI is InChI=1S/C12H14BrN3S/c1-16-12(10-3-2-4-14-10)9(6-15-16)11-5-8(13)7-17-11/h5-7,10,14H,2-4H2,1H3. The lowest BCUT2D eigenvalue weighted by molar-refractivity contribution is 0.575. The van der Waals surface area contributed by atoms with E-state index in [1.54, 1.807) is 11.3 Å². The monoisotopic (exact) mass is 311 g/mol. The highest BCUT2D eigenvalue weighted by molar-refractivity contribution is 9.10. The minimum Gasteiger partial charge on any atom is -0.309 e. The quantitative estimate of drug-likeness (QED) is 0.922. The van der Waals surface area contributed by atoms with Gasteiger partial charge in [-0.15, -0.1) is 11.3 Å². The SMILES string of the molecule is Cn1ncc(-c2cc(Br)cs2)c1C1CCCN1. The molecule has 1 saturated heterocycles. The molecule has 1 aliphatic rings. The fraction of sp³-hybridized carbons (Fsp3) is 0.417. The molecule has 17 heavy (non-hydrogen) atoms. The summed E-state index contributed by atoms with van der Waals surface area (Å²) in [4.78, 5) is 1.29. The van der Waals surface area contributed by atoms with Gasteiger partial charge in [0.25, 0.3) is 0 Å². The third-order valence-corrected chi connectivity index (χ3v) is 4.93. The van der Waals surface area contributed by atoms with Crippen molar-refractivity contribution in [2.24, 2.45) is 7.05 Å². The van der Waals surface area contributed by atoms with Crippen LogP contribution in [0.5, 0.6) is 0 Å². The Hall–Kier alpha value is -0.650. The number of hydrogen-bond donors (Lipinski definition) is 1. The molecule has 1 N–H and O–H groups in total. The smallest absolute Gasteiger partial charge is 0.0636 e. The number of aromatic nitrogens is 2. The van der Waals surface area contributed by atoms with Crippen molar-refractivity contribution in [1.29, 1.82) is 0 Å². The van der Waals surface area contributed by atoms with E-state index in [1.165, 1.54) is 29.0 Å². The normalized spacial score (nSPS) is 20.0. The predicted molar refractivity (Wildman–Crippen MR) is 74.2 cm³/mol. The van der Waals surface area contributed by atoms with E-state index >= 15 is 0 Å². The van der Waals surface area contributed by atoms with Crippen LogP contribution in [0.2, 0.25) is 0 Å². The van der Waals surface area contributed by atoms with Crippen molar-refractivity contribution in [3.05, 3.63) is 27.8 Å². The minimum absolute atomic E-state index is 0.457. The van der Waals surface area contributed by atoms with Gasteiger partial charge in [-0.3, -0.25) is 4.68 Å². The third kappa shape index (κ3) is 2.07. The third-order valence-electron chi connectivity index (χ3n) is 3.21. The van der Waals surface area contributed by atoms with E-state index in [0.29, 0.717) is 6.04 Å². The molecule has 1 atom stereocenters. The van der Waals surface area contributed by atoms with Crippen LogP contribution < -0.4 is 5.32 Å². The largest absolute Gasteiger partial charge is 0.309 e. The molecule has 0 saturated carbocycles. The van der Waals surface area contributed by atoms with Crippen LogP contribution in [0.1, 0.15) is 24.6 Å². The van der Waals surface area contributed by atoms with Crippen LogP contribution in [0.4, 0.5) is 0 Å². The van der Waals surface area contributed by atoms with Crippen molar-refractivity contribution in [1.82, 2.24) is 15.1 Å². The second kappa shape index (κ2) is 4.55. The van der Waals surface area contributed by atoms with Crippen LogP contribution in [0.15, 0.2) is 22.1 Å². The molecule has 0 spiro atoms. The van der Waals surface area contributed by atoms with Gasteiger partial charge in [0.2, 0.25) is 0 Å². The van der Waals surface area contributed by atoms with E-state index < -0.39 is 0 Å². The zero-order valence-corrected chi connectivity index (χ0v) is 12.0. The van der Waals surface area contributed by atoms with E-state index in [0.717, 1.165) is 11.0 Å². The Morgan fingerprint density at radius 1 is 1.59 bits per heavy atom. The van der Waals surface area contributed by atoms with Gasteiger partial charge in [0.15, 0.2) is 0 Å². The van der Waals surface area contributed by atoms with Gasteiger partial charge in [0.1, 0.15) is 0 Å². The number of thiophene rings is 1. The fourth-order valence-corrected chi connectivity index (χ4v) is 3.87. The van der Waals surface area contributed by atoms with Crippen molar-refractivity contribution >= 4 is 27.3 Å². The first-order chi connectivity index (χ1) is 8.25. The molecule has 0 aromatic carbocycles. The number of rotatable bonds is 2. The molecular formula is C12H14BrN3S. The summed E-state index contributed by atoms with van der Waals surface area (Å²) in [6.07, 6.45) is 4.44. The molecule has 3 rings (SSSR count). The Labute approximate surface area is 113 Å². The Morgan fingerprint density at radius 2 is 2.47 bits per heavy atom. The van der Waals surface area contributed by atoms with Crippen LogP contribution in [0, 0.1) is 0 Å². The molecule has 0 amide bonds. The van der Waals surface area contributed by atoms with Gasteiger partial charge in [-0.05, 0) is 41.4 Å². The van der Waals surface area contributed by atoms with Gasteiger partial charge < -0.3 is 5.32 Å². The highest BCUT2D eigenvalue weighted by atomic mass is 79.9. The number of nitrogens with one attached hydrogen (secondary N) is 1. The van der Waals surface area contributed by atoms with Gasteiger partial charge >= 0.3 is 0 Å². The topological polar surface area (TPSA) is 29.9 Å². The highest BCUT2D eigenvalue weighted by Gasteiger charge is 2.23. The molecule has 1 fully saturated rings. The Kier molecular flexibility index (Phi) is 3.06. The Morgan fingerprint density at radius 3 is 3.12 bits per heavy atom. The summed E-state index contributed by atoms with van der Waals surface area (Å²) >= 11 is 5.27. The Balaban J connectivity index is 2.05. The molecule has 3 heterocycles. The maximum atomic E-state index is 4.41. The highest BCUT2D eigenvalue weighted by Crippen LogP contribution is 2.36. The van der Waals surface area contributed by atoms with Gasteiger partial charge in [0.05, 0.1) is 11.9 Å². The molecular weight excluding hydrogens is 298 g/mol. The molecule has 1 unspecified atom stereocenters. The van der Waals surface area contributed by atoms with Crippen LogP contribution in [-0.2, 0) is 7.05 Å². The molecule has 5 heteroatoms. The molecule has 2 aromatic rings. The van der Waals surface area contributed by atoms with Gasteiger partial charge in [-0.2, -0.15) is 5.10 Å². The van der Waals surface area contributed by atoms with Gasteiger partial charge in [0, 0.05) is 33.4 Å². The Bertz CT molecular complexity index is 526. The summed E-state index contributed by atoms with van der Waals surface area (Å²) in [5, 5.41) is 10.1. The van der Waals surface area contributed by atoms with Crippen LogP contribution in [-0.4, -0.2) is 16.3 Å². The van der Waals surface area contributed by atoms with E-state index in [-0.39, 0.29) is 0 Å². The van der Waals surface area contributed by atoms with Crippen LogP contribution in [0.3, 0.4) is 0 Å². The second-order valence-electron chi connectivity index (χ2n) is 4.35. The zero-order valence-electron chi connectivity index (χ0n) is 9.61.